The van der Waals surface area contributed by atoms with Crippen molar-refractivity contribution in [3.8, 4) is 0 Å². The number of likely N-dealkylation sites (tertiary alicyclic amines) is 1. The van der Waals surface area contributed by atoms with E-state index < -0.39 is 0 Å². The number of nitrogens with one attached hydrogen (secondary N) is 2. The van der Waals surface area contributed by atoms with E-state index in [1.807, 2.05) is 38.1 Å². The summed E-state index contributed by atoms with van der Waals surface area (Å²) in [5, 5.41) is 10.2. The Morgan fingerprint density at radius 1 is 1.00 bits per heavy atom. The number of fused-ring (bicyclic) bond motifs is 3. The summed E-state index contributed by atoms with van der Waals surface area (Å²) < 4.78 is 2.38. The van der Waals surface area contributed by atoms with Gasteiger partial charge in [-0.1, -0.05) is 48.0 Å². The highest BCUT2D eigenvalue weighted by Crippen LogP contribution is 2.30. The van der Waals surface area contributed by atoms with Gasteiger partial charge in [0.15, 0.2) is 0 Å². The van der Waals surface area contributed by atoms with Gasteiger partial charge in [0.05, 0.1) is 6.04 Å². The molecule has 2 N–H and O–H groups in total. The molecule has 36 heavy (non-hydrogen) atoms. The lowest BCUT2D eigenvalue weighted by atomic mass is 10.1. The smallest absolute Gasteiger partial charge is 0.237 e. The first-order valence-corrected chi connectivity index (χ1v) is 13.3. The lowest BCUT2D eigenvalue weighted by Gasteiger charge is -2.24. The molecule has 2 heterocycles. The first-order valence-electron chi connectivity index (χ1n) is 12.9. The molecule has 0 spiro atoms. The molecule has 3 aromatic carbocycles. The Hall–Kier alpha value is -2.86. The van der Waals surface area contributed by atoms with Gasteiger partial charge >= 0.3 is 0 Å². The normalized spacial score (nSPS) is 18.5. The minimum atomic E-state index is -0.148. The number of aryl methyl sites for hydroxylation is 1. The van der Waals surface area contributed by atoms with E-state index in [9.17, 15) is 4.79 Å². The third-order valence-electron chi connectivity index (χ3n) is 7.18. The molecule has 1 amide bonds. The van der Waals surface area contributed by atoms with E-state index in [2.05, 4.69) is 69.5 Å². The molecule has 1 aliphatic heterocycles. The number of benzene rings is 3. The molecular formula is C30H35ClN4O. The number of hydrogen-bond donors (Lipinski definition) is 2. The van der Waals surface area contributed by atoms with Gasteiger partial charge in [-0.05, 0) is 68.7 Å². The Labute approximate surface area is 218 Å². The van der Waals surface area contributed by atoms with Crippen LogP contribution >= 0.6 is 11.6 Å². The average Bonchev–Trinajstić information content (AvgIpc) is 3.42. The maximum absolute atomic E-state index is 13.0. The number of para-hydroxylation sites is 1. The Balaban J connectivity index is 1.32. The van der Waals surface area contributed by atoms with Crippen molar-refractivity contribution in [1.82, 2.24) is 20.1 Å². The van der Waals surface area contributed by atoms with Crippen LogP contribution in [0.5, 0.6) is 0 Å². The summed E-state index contributed by atoms with van der Waals surface area (Å²) in [5.41, 5.74) is 5.00. The summed E-state index contributed by atoms with van der Waals surface area (Å²) >= 11 is 6.08. The summed E-state index contributed by atoms with van der Waals surface area (Å²) in [6.07, 6.45) is 0.795. The van der Waals surface area contributed by atoms with E-state index in [0.717, 1.165) is 37.6 Å². The molecule has 0 radical (unpaired) electrons. The molecule has 5 rings (SSSR count). The molecule has 1 aliphatic rings. The van der Waals surface area contributed by atoms with Gasteiger partial charge in [0.1, 0.15) is 0 Å². The maximum atomic E-state index is 13.0. The second-order valence-electron chi connectivity index (χ2n) is 10.2. The van der Waals surface area contributed by atoms with Gasteiger partial charge in [-0.25, -0.2) is 0 Å². The zero-order chi connectivity index (χ0) is 25.2. The van der Waals surface area contributed by atoms with Gasteiger partial charge in [0, 0.05) is 65.1 Å². The van der Waals surface area contributed by atoms with Crippen LogP contribution in [-0.4, -0.2) is 40.0 Å². The highest BCUT2D eigenvalue weighted by atomic mass is 35.5. The zero-order valence-electron chi connectivity index (χ0n) is 21.3. The predicted molar refractivity (Wildman–Crippen MR) is 149 cm³/mol. The third kappa shape index (κ3) is 5.15. The molecule has 0 bridgehead atoms. The number of rotatable bonds is 8. The Kier molecular flexibility index (Phi) is 7.33. The quantitative estimate of drug-likeness (QED) is 0.324. The Morgan fingerprint density at radius 3 is 2.47 bits per heavy atom. The van der Waals surface area contributed by atoms with Crippen LogP contribution in [-0.2, 0) is 24.4 Å². The zero-order valence-corrected chi connectivity index (χ0v) is 22.1. The van der Waals surface area contributed by atoms with Gasteiger partial charge in [0.2, 0.25) is 5.91 Å². The number of carbonyl (C=O) groups excluding carboxylic acids is 1. The standard InChI is InChI=1S/C30H35ClN4O/c1-4-35-27-8-6-5-7-25(27)26-15-22(11-14-28(26)35)17-32-24-16-29(30(36)33-20(2)3)34(19-24)18-21-9-12-23(31)13-10-21/h5-15,20,24,29,32H,4,16-19H2,1-3H3,(H,33,36)/t24-,29+/m1/s1. The number of amides is 1. The van der Waals surface area contributed by atoms with Crippen molar-refractivity contribution >= 4 is 39.3 Å². The molecule has 5 nitrogen and oxygen atoms in total. The highest BCUT2D eigenvalue weighted by Gasteiger charge is 2.36. The molecule has 1 saturated heterocycles. The van der Waals surface area contributed by atoms with Gasteiger partial charge < -0.3 is 15.2 Å². The van der Waals surface area contributed by atoms with Crippen molar-refractivity contribution in [2.24, 2.45) is 0 Å². The fourth-order valence-corrected chi connectivity index (χ4v) is 5.64. The number of nitrogens with zero attached hydrogens (tertiary/aromatic N) is 2. The van der Waals surface area contributed by atoms with E-state index in [4.69, 9.17) is 11.6 Å². The van der Waals surface area contributed by atoms with Gasteiger partial charge in [0.25, 0.3) is 0 Å². The summed E-state index contributed by atoms with van der Waals surface area (Å²) in [5.74, 6) is 0.108. The average molecular weight is 503 g/mol. The highest BCUT2D eigenvalue weighted by molar-refractivity contribution is 6.30. The van der Waals surface area contributed by atoms with E-state index in [-0.39, 0.29) is 24.0 Å². The lowest BCUT2D eigenvalue weighted by molar-refractivity contribution is -0.126. The van der Waals surface area contributed by atoms with E-state index in [1.165, 1.54) is 32.9 Å². The fraction of sp³-hybridized carbons (Fsp3) is 0.367. The lowest BCUT2D eigenvalue weighted by Crippen LogP contribution is -2.45. The van der Waals surface area contributed by atoms with Crippen molar-refractivity contribution in [2.45, 2.75) is 65.0 Å². The topological polar surface area (TPSA) is 49.3 Å². The summed E-state index contributed by atoms with van der Waals surface area (Å²) in [6.45, 7) is 9.51. The SMILES string of the molecule is CCn1c2ccccc2c2cc(CN[C@@H]3C[C@@H](C(=O)NC(C)C)N(Cc4ccc(Cl)cc4)C3)ccc21. The van der Waals surface area contributed by atoms with Crippen molar-refractivity contribution in [2.75, 3.05) is 6.54 Å². The van der Waals surface area contributed by atoms with E-state index in [0.29, 0.717) is 0 Å². The summed E-state index contributed by atoms with van der Waals surface area (Å²) in [7, 11) is 0. The van der Waals surface area contributed by atoms with Gasteiger partial charge in [-0.3, -0.25) is 9.69 Å². The van der Waals surface area contributed by atoms with Crippen LogP contribution in [0.25, 0.3) is 21.8 Å². The van der Waals surface area contributed by atoms with Crippen molar-refractivity contribution in [3.05, 3.63) is 82.9 Å². The monoisotopic (exact) mass is 502 g/mol. The molecule has 1 fully saturated rings. The molecule has 0 unspecified atom stereocenters. The van der Waals surface area contributed by atoms with Crippen molar-refractivity contribution < 1.29 is 4.79 Å². The van der Waals surface area contributed by atoms with Gasteiger partial charge in [-0.2, -0.15) is 0 Å². The molecular weight excluding hydrogens is 468 g/mol. The van der Waals surface area contributed by atoms with Crippen molar-refractivity contribution in [3.63, 3.8) is 0 Å². The second kappa shape index (κ2) is 10.6. The van der Waals surface area contributed by atoms with E-state index in [1.54, 1.807) is 0 Å². The predicted octanol–water partition coefficient (Wildman–Crippen LogP) is 5.73. The Bertz CT molecular complexity index is 1360. The minimum Gasteiger partial charge on any atom is -0.353 e. The molecule has 1 aromatic heterocycles. The Morgan fingerprint density at radius 2 is 1.72 bits per heavy atom. The summed E-state index contributed by atoms with van der Waals surface area (Å²) in [6, 6.07) is 23.6. The molecule has 0 saturated carbocycles. The molecule has 6 heteroatoms. The maximum Gasteiger partial charge on any atom is 0.237 e. The van der Waals surface area contributed by atoms with Crippen LogP contribution in [0.1, 0.15) is 38.3 Å². The molecule has 4 aromatic rings. The number of carbonyl (C=O) groups is 1. The summed E-state index contributed by atoms with van der Waals surface area (Å²) in [4.78, 5) is 15.3. The first-order chi connectivity index (χ1) is 17.4. The molecule has 0 aliphatic carbocycles. The number of aromatic nitrogens is 1. The third-order valence-corrected chi connectivity index (χ3v) is 7.44. The minimum absolute atomic E-state index is 0.108. The van der Waals surface area contributed by atoms with Crippen LogP contribution in [0.3, 0.4) is 0 Å². The van der Waals surface area contributed by atoms with Crippen LogP contribution in [0, 0.1) is 0 Å². The van der Waals surface area contributed by atoms with Gasteiger partial charge in [-0.15, -0.1) is 0 Å². The molecule has 188 valence electrons. The second-order valence-corrected chi connectivity index (χ2v) is 10.6. The number of halogens is 1. The molecule has 2 atom stereocenters. The fourth-order valence-electron chi connectivity index (χ4n) is 5.52. The largest absolute Gasteiger partial charge is 0.353 e. The number of hydrogen-bond acceptors (Lipinski definition) is 3. The van der Waals surface area contributed by atoms with Crippen LogP contribution in [0.4, 0.5) is 0 Å². The van der Waals surface area contributed by atoms with Crippen LogP contribution in [0.15, 0.2) is 66.7 Å². The van der Waals surface area contributed by atoms with Crippen LogP contribution in [0.2, 0.25) is 5.02 Å². The van der Waals surface area contributed by atoms with Crippen LogP contribution < -0.4 is 10.6 Å². The van der Waals surface area contributed by atoms with Crippen molar-refractivity contribution in [1.29, 1.82) is 0 Å². The first kappa shape index (κ1) is 24.8. The van der Waals surface area contributed by atoms with E-state index >= 15 is 0 Å².